The third kappa shape index (κ3) is 4.77. The minimum absolute atomic E-state index is 0.0620. The van der Waals surface area contributed by atoms with Crippen molar-refractivity contribution in [2.75, 3.05) is 26.2 Å². The third-order valence-corrected chi connectivity index (χ3v) is 7.04. The van der Waals surface area contributed by atoms with Crippen molar-refractivity contribution >= 4 is 27.5 Å². The molecular weight excluding hydrogens is 436 g/mol. The van der Waals surface area contributed by atoms with E-state index in [0.717, 1.165) is 47.2 Å². The van der Waals surface area contributed by atoms with Crippen molar-refractivity contribution in [3.8, 4) is 5.75 Å². The lowest BCUT2D eigenvalue weighted by molar-refractivity contribution is 0.0628. The summed E-state index contributed by atoms with van der Waals surface area (Å²) >= 11 is 1.75. The maximum Gasteiger partial charge on any atom is 0.253 e. The highest BCUT2D eigenvalue weighted by atomic mass is 32.1. The van der Waals surface area contributed by atoms with Crippen LogP contribution in [0.15, 0.2) is 53.1 Å². The molecule has 1 aliphatic heterocycles. The average Bonchev–Trinajstić information content (AvgIpc) is 3.40. The number of hydrogen-bond donors (Lipinski definition) is 0. The van der Waals surface area contributed by atoms with E-state index in [0.29, 0.717) is 31.0 Å². The molecule has 8 heteroatoms. The average molecular weight is 463 g/mol. The number of carbonyl (C=O) groups is 1. The molecule has 0 radical (unpaired) electrons. The molecule has 5 rings (SSSR count). The zero-order valence-corrected chi connectivity index (χ0v) is 19.6. The van der Waals surface area contributed by atoms with Crippen LogP contribution in [-0.4, -0.2) is 52.0 Å². The first-order valence-corrected chi connectivity index (χ1v) is 11.9. The van der Waals surface area contributed by atoms with E-state index in [4.69, 9.17) is 14.2 Å². The summed E-state index contributed by atoms with van der Waals surface area (Å²) in [5, 5.41) is 5.07. The Bertz CT molecular complexity index is 1200. The second-order valence-corrected chi connectivity index (χ2v) is 9.37. The topological polar surface area (TPSA) is 71.7 Å². The predicted octanol–water partition coefficient (Wildman–Crippen LogP) is 4.44. The Morgan fingerprint density at radius 1 is 1.06 bits per heavy atom. The number of aromatic nitrogens is 2. The van der Waals surface area contributed by atoms with Gasteiger partial charge < -0.3 is 14.2 Å². The van der Waals surface area contributed by atoms with Crippen molar-refractivity contribution in [3.05, 3.63) is 76.1 Å². The van der Waals surface area contributed by atoms with Gasteiger partial charge in [0.05, 0.1) is 28.0 Å². The quantitative estimate of drug-likeness (QED) is 0.422. The molecule has 0 unspecified atom stereocenters. The van der Waals surface area contributed by atoms with Gasteiger partial charge in [0.1, 0.15) is 23.1 Å². The molecule has 33 heavy (non-hydrogen) atoms. The second kappa shape index (κ2) is 9.33. The van der Waals surface area contributed by atoms with E-state index in [-0.39, 0.29) is 5.91 Å². The highest BCUT2D eigenvalue weighted by Crippen LogP contribution is 2.23. The molecule has 0 saturated carbocycles. The van der Waals surface area contributed by atoms with Crippen LogP contribution in [0, 0.1) is 13.8 Å². The molecule has 1 saturated heterocycles. The molecule has 1 fully saturated rings. The lowest BCUT2D eigenvalue weighted by Gasteiger charge is -2.34. The number of fused-ring (bicyclic) bond motifs is 1. The van der Waals surface area contributed by atoms with Gasteiger partial charge >= 0.3 is 0 Å². The predicted molar refractivity (Wildman–Crippen MR) is 128 cm³/mol. The number of aryl methyl sites for hydroxylation is 2. The SMILES string of the molecule is Cc1noc(C)c1COc1ccc(C(=O)N2CCN(Cc3nc4ccccc4s3)CC2)cc1. The molecule has 2 aromatic carbocycles. The maximum absolute atomic E-state index is 13.0. The molecule has 0 N–H and O–H groups in total. The minimum atomic E-state index is 0.0620. The molecule has 4 aromatic rings. The van der Waals surface area contributed by atoms with Gasteiger partial charge in [-0.15, -0.1) is 11.3 Å². The number of para-hydroxylation sites is 1. The lowest BCUT2D eigenvalue weighted by atomic mass is 10.1. The molecule has 2 aromatic heterocycles. The number of rotatable bonds is 6. The van der Waals surface area contributed by atoms with Crippen LogP contribution in [0.2, 0.25) is 0 Å². The van der Waals surface area contributed by atoms with Gasteiger partial charge in [0, 0.05) is 31.7 Å². The molecule has 1 amide bonds. The molecule has 0 aliphatic carbocycles. The van der Waals surface area contributed by atoms with E-state index in [2.05, 4.69) is 22.2 Å². The Balaban J connectivity index is 1.13. The molecule has 0 bridgehead atoms. The van der Waals surface area contributed by atoms with E-state index < -0.39 is 0 Å². The van der Waals surface area contributed by atoms with Gasteiger partial charge in [-0.2, -0.15) is 0 Å². The van der Waals surface area contributed by atoms with Gasteiger partial charge in [-0.1, -0.05) is 17.3 Å². The number of amides is 1. The summed E-state index contributed by atoms with van der Waals surface area (Å²) < 4.78 is 12.2. The number of benzene rings is 2. The van der Waals surface area contributed by atoms with Gasteiger partial charge in [0.25, 0.3) is 5.91 Å². The van der Waals surface area contributed by atoms with Crippen molar-refractivity contribution in [2.24, 2.45) is 0 Å². The van der Waals surface area contributed by atoms with Gasteiger partial charge in [-0.25, -0.2) is 4.98 Å². The maximum atomic E-state index is 13.0. The summed E-state index contributed by atoms with van der Waals surface area (Å²) in [4.78, 5) is 22.0. The first-order chi connectivity index (χ1) is 16.1. The number of thiazole rings is 1. The summed E-state index contributed by atoms with van der Waals surface area (Å²) in [7, 11) is 0. The molecular formula is C25H26N4O3S. The molecule has 7 nitrogen and oxygen atoms in total. The normalized spacial score (nSPS) is 14.7. The van der Waals surface area contributed by atoms with Gasteiger partial charge in [0.15, 0.2) is 0 Å². The zero-order valence-electron chi connectivity index (χ0n) is 18.8. The van der Waals surface area contributed by atoms with Crippen LogP contribution in [0.3, 0.4) is 0 Å². The molecule has 1 aliphatic rings. The van der Waals surface area contributed by atoms with Gasteiger partial charge in [0.2, 0.25) is 0 Å². The number of hydrogen-bond acceptors (Lipinski definition) is 7. The number of piperazine rings is 1. The van der Waals surface area contributed by atoms with Crippen LogP contribution < -0.4 is 4.74 Å². The Labute approximate surface area is 196 Å². The molecule has 170 valence electrons. The summed E-state index contributed by atoms with van der Waals surface area (Å²) in [5.41, 5.74) is 3.53. The van der Waals surface area contributed by atoms with Crippen molar-refractivity contribution < 1.29 is 14.1 Å². The zero-order chi connectivity index (χ0) is 22.8. The van der Waals surface area contributed by atoms with Crippen molar-refractivity contribution in [3.63, 3.8) is 0 Å². The number of ether oxygens (including phenoxy) is 1. The minimum Gasteiger partial charge on any atom is -0.489 e. The van der Waals surface area contributed by atoms with E-state index in [1.807, 2.05) is 55.1 Å². The summed E-state index contributed by atoms with van der Waals surface area (Å²) in [5.74, 6) is 1.54. The smallest absolute Gasteiger partial charge is 0.253 e. The van der Waals surface area contributed by atoms with E-state index in [1.54, 1.807) is 11.3 Å². The fourth-order valence-corrected chi connectivity index (χ4v) is 5.04. The lowest BCUT2D eigenvalue weighted by Crippen LogP contribution is -2.48. The highest BCUT2D eigenvalue weighted by Gasteiger charge is 2.23. The fourth-order valence-electron chi connectivity index (χ4n) is 4.03. The Morgan fingerprint density at radius 2 is 1.82 bits per heavy atom. The van der Waals surface area contributed by atoms with Gasteiger partial charge in [-0.3, -0.25) is 9.69 Å². The van der Waals surface area contributed by atoms with Crippen molar-refractivity contribution in [1.29, 1.82) is 0 Å². The molecule has 3 heterocycles. The Morgan fingerprint density at radius 3 is 2.52 bits per heavy atom. The number of carbonyl (C=O) groups excluding carboxylic acids is 1. The second-order valence-electron chi connectivity index (χ2n) is 8.26. The van der Waals surface area contributed by atoms with Gasteiger partial charge in [-0.05, 0) is 50.2 Å². The fraction of sp³-hybridized carbons (Fsp3) is 0.320. The van der Waals surface area contributed by atoms with Crippen LogP contribution in [0.5, 0.6) is 5.75 Å². The highest BCUT2D eigenvalue weighted by molar-refractivity contribution is 7.18. The molecule has 0 spiro atoms. The third-order valence-electron chi connectivity index (χ3n) is 6.02. The Kier molecular flexibility index (Phi) is 6.11. The van der Waals surface area contributed by atoms with E-state index in [9.17, 15) is 4.79 Å². The van der Waals surface area contributed by atoms with Crippen LogP contribution in [0.1, 0.15) is 32.4 Å². The Hall–Kier alpha value is -3.23. The summed E-state index contributed by atoms with van der Waals surface area (Å²) in [6.45, 7) is 8.13. The van der Waals surface area contributed by atoms with Crippen molar-refractivity contribution in [1.82, 2.24) is 19.9 Å². The summed E-state index contributed by atoms with van der Waals surface area (Å²) in [6, 6.07) is 15.6. The van der Waals surface area contributed by atoms with Crippen LogP contribution in [0.25, 0.3) is 10.2 Å². The monoisotopic (exact) mass is 462 g/mol. The largest absolute Gasteiger partial charge is 0.489 e. The van der Waals surface area contributed by atoms with Crippen LogP contribution >= 0.6 is 11.3 Å². The first-order valence-electron chi connectivity index (χ1n) is 11.1. The van der Waals surface area contributed by atoms with Crippen LogP contribution in [-0.2, 0) is 13.2 Å². The first kappa shape index (κ1) is 21.6. The summed E-state index contributed by atoms with van der Waals surface area (Å²) in [6.07, 6.45) is 0. The van der Waals surface area contributed by atoms with E-state index in [1.165, 1.54) is 4.70 Å². The van der Waals surface area contributed by atoms with Crippen LogP contribution in [0.4, 0.5) is 0 Å². The van der Waals surface area contributed by atoms with Crippen molar-refractivity contribution in [2.45, 2.75) is 27.0 Å². The standard InChI is InChI=1S/C25H26N4O3S/c1-17-21(18(2)32-27-17)16-31-20-9-7-19(8-10-20)25(30)29-13-11-28(12-14-29)15-24-26-22-5-3-4-6-23(22)33-24/h3-10H,11-16H2,1-2H3. The van der Waals surface area contributed by atoms with E-state index >= 15 is 0 Å². The number of nitrogens with zero attached hydrogens (tertiary/aromatic N) is 4. The molecule has 0 atom stereocenters.